The Morgan fingerprint density at radius 1 is 1.52 bits per heavy atom. The number of carbonyl (C=O) groups is 2. The van der Waals surface area contributed by atoms with Crippen LogP contribution in [0.4, 0.5) is 4.79 Å². The molecule has 1 aromatic heterocycles. The summed E-state index contributed by atoms with van der Waals surface area (Å²) in [5, 5.41) is 1.79. The van der Waals surface area contributed by atoms with Gasteiger partial charge in [-0.15, -0.1) is 11.3 Å². The number of likely N-dealkylation sites (tertiary alicyclic amines) is 1. The van der Waals surface area contributed by atoms with Crippen molar-refractivity contribution in [3.63, 3.8) is 0 Å². The van der Waals surface area contributed by atoms with E-state index < -0.39 is 5.60 Å². The number of carbonyl (C=O) groups excluding carboxylic acids is 2. The lowest BCUT2D eigenvalue weighted by atomic mass is 9.92. The Morgan fingerprint density at radius 2 is 2.33 bits per heavy atom. The van der Waals surface area contributed by atoms with Crippen LogP contribution in [0.3, 0.4) is 0 Å². The Kier molecular flexibility index (Phi) is 3.83. The summed E-state index contributed by atoms with van der Waals surface area (Å²) < 4.78 is 6.40. The van der Waals surface area contributed by atoms with Crippen molar-refractivity contribution in [1.29, 1.82) is 0 Å². The topological polar surface area (TPSA) is 62.7 Å². The minimum atomic E-state index is -0.544. The number of hydrogen-bond donors (Lipinski definition) is 0. The van der Waals surface area contributed by atoms with E-state index >= 15 is 0 Å². The minimum Gasteiger partial charge on any atom is -0.439 e. The van der Waals surface area contributed by atoms with Crippen molar-refractivity contribution in [1.82, 2.24) is 14.8 Å². The maximum absolute atomic E-state index is 12.5. The van der Waals surface area contributed by atoms with Crippen LogP contribution in [0.15, 0.2) is 9.72 Å². The quantitative estimate of drug-likeness (QED) is 0.777. The van der Waals surface area contributed by atoms with Gasteiger partial charge in [0, 0.05) is 19.0 Å². The van der Waals surface area contributed by atoms with Crippen molar-refractivity contribution in [3.05, 3.63) is 11.1 Å². The summed E-state index contributed by atoms with van der Waals surface area (Å²) in [6.45, 7) is 1.69. The second-order valence-electron chi connectivity index (χ2n) is 5.44. The predicted molar refractivity (Wildman–Crippen MR) is 80.9 cm³/mol. The molecular weight excluding hydrogens is 310 g/mol. The van der Waals surface area contributed by atoms with E-state index in [1.807, 2.05) is 6.26 Å². The van der Waals surface area contributed by atoms with Gasteiger partial charge in [-0.3, -0.25) is 4.79 Å². The first kappa shape index (κ1) is 14.6. The van der Waals surface area contributed by atoms with Gasteiger partial charge < -0.3 is 14.5 Å². The largest absolute Gasteiger partial charge is 0.439 e. The number of aromatic nitrogens is 1. The predicted octanol–water partition coefficient (Wildman–Crippen LogP) is 1.92. The number of thioether (sulfide) groups is 1. The second-order valence-corrected chi connectivity index (χ2v) is 7.35. The van der Waals surface area contributed by atoms with E-state index in [9.17, 15) is 9.59 Å². The molecule has 1 aromatic rings. The molecule has 0 N–H and O–H groups in total. The van der Waals surface area contributed by atoms with Crippen molar-refractivity contribution in [2.45, 2.75) is 22.8 Å². The summed E-state index contributed by atoms with van der Waals surface area (Å²) in [5.41, 5.74) is -0.0583. The van der Waals surface area contributed by atoms with Crippen LogP contribution in [0.5, 0.6) is 0 Å². The molecule has 0 radical (unpaired) electrons. The molecule has 2 amide bonds. The van der Waals surface area contributed by atoms with Gasteiger partial charge in [-0.05, 0) is 19.1 Å². The van der Waals surface area contributed by atoms with E-state index in [4.69, 9.17) is 4.74 Å². The third-order valence-corrected chi connectivity index (χ3v) is 5.71. The molecule has 0 aromatic carbocycles. The first-order valence-electron chi connectivity index (χ1n) is 6.76. The van der Waals surface area contributed by atoms with Crippen LogP contribution < -0.4 is 0 Å². The van der Waals surface area contributed by atoms with Crippen molar-refractivity contribution in [2.75, 3.05) is 32.9 Å². The van der Waals surface area contributed by atoms with E-state index in [-0.39, 0.29) is 12.0 Å². The average molecular weight is 327 g/mol. The first-order valence-corrected chi connectivity index (χ1v) is 8.86. The maximum Gasteiger partial charge on any atom is 0.410 e. The minimum absolute atomic E-state index is 0.0729. The zero-order valence-corrected chi connectivity index (χ0v) is 13.6. The Labute approximate surface area is 131 Å². The molecule has 3 heterocycles. The van der Waals surface area contributed by atoms with Crippen LogP contribution in [0.25, 0.3) is 0 Å². The van der Waals surface area contributed by atoms with Gasteiger partial charge in [0.05, 0.1) is 13.1 Å². The van der Waals surface area contributed by atoms with Crippen LogP contribution in [0.1, 0.15) is 23.3 Å². The number of amides is 2. The zero-order chi connectivity index (χ0) is 15.0. The molecule has 1 atom stereocenters. The fourth-order valence-electron chi connectivity index (χ4n) is 2.89. The Hall–Kier alpha value is -1.28. The summed E-state index contributed by atoms with van der Waals surface area (Å²) in [6, 6.07) is 0. The molecule has 0 bridgehead atoms. The van der Waals surface area contributed by atoms with E-state index in [1.165, 1.54) is 23.1 Å². The molecule has 6 nitrogen and oxygen atoms in total. The summed E-state index contributed by atoms with van der Waals surface area (Å²) in [7, 11) is 1.73. The molecule has 1 spiro atoms. The summed E-state index contributed by atoms with van der Waals surface area (Å²) in [5.74, 6) is -0.0729. The van der Waals surface area contributed by atoms with Crippen molar-refractivity contribution in [3.8, 4) is 0 Å². The molecule has 2 saturated heterocycles. The zero-order valence-electron chi connectivity index (χ0n) is 12.0. The molecule has 2 fully saturated rings. The Balaban J connectivity index is 1.74. The molecule has 114 valence electrons. The number of piperidine rings is 1. The van der Waals surface area contributed by atoms with Gasteiger partial charge >= 0.3 is 6.09 Å². The molecule has 0 saturated carbocycles. The van der Waals surface area contributed by atoms with Gasteiger partial charge in [0.25, 0.3) is 5.91 Å². The standard InChI is InChI=1S/C13H17N3O3S2/c1-15-7-13(19-12(15)18)4-3-5-16(8-13)10(17)9-6-21-11(14-9)20-2/h6H,3-5,7-8H2,1-2H3/t13-/m1/s1. The van der Waals surface area contributed by atoms with Gasteiger partial charge in [0.2, 0.25) is 0 Å². The van der Waals surface area contributed by atoms with Crippen molar-refractivity contribution in [2.24, 2.45) is 0 Å². The van der Waals surface area contributed by atoms with Crippen molar-refractivity contribution < 1.29 is 14.3 Å². The SMILES string of the molecule is CSc1nc(C(=O)N2CCC[C@@]3(CN(C)C(=O)O3)C2)cs1. The Bertz CT molecular complexity index is 577. The highest BCUT2D eigenvalue weighted by molar-refractivity contribution is 8.00. The lowest BCUT2D eigenvalue weighted by molar-refractivity contribution is -0.00539. The Morgan fingerprint density at radius 3 is 2.95 bits per heavy atom. The molecular formula is C13H17N3O3S2. The molecule has 0 unspecified atom stereocenters. The molecule has 2 aliphatic heterocycles. The smallest absolute Gasteiger partial charge is 0.410 e. The van der Waals surface area contributed by atoms with Crippen LogP contribution in [0.2, 0.25) is 0 Å². The van der Waals surface area contributed by atoms with E-state index in [0.29, 0.717) is 25.3 Å². The maximum atomic E-state index is 12.5. The van der Waals surface area contributed by atoms with Gasteiger partial charge in [-0.25, -0.2) is 9.78 Å². The highest BCUT2D eigenvalue weighted by Crippen LogP contribution is 2.32. The van der Waals surface area contributed by atoms with Gasteiger partial charge in [-0.2, -0.15) is 0 Å². The van der Waals surface area contributed by atoms with E-state index in [2.05, 4.69) is 4.98 Å². The fourth-order valence-corrected chi connectivity index (χ4v) is 4.12. The van der Waals surface area contributed by atoms with Crippen LogP contribution in [-0.4, -0.2) is 65.3 Å². The highest BCUT2D eigenvalue weighted by Gasteiger charge is 2.47. The van der Waals surface area contributed by atoms with Crippen molar-refractivity contribution >= 4 is 35.1 Å². The monoisotopic (exact) mass is 327 g/mol. The first-order chi connectivity index (χ1) is 10.0. The number of thiazole rings is 1. The molecule has 3 rings (SSSR count). The lowest BCUT2D eigenvalue weighted by Gasteiger charge is -2.38. The third-order valence-electron chi connectivity index (χ3n) is 3.84. The summed E-state index contributed by atoms with van der Waals surface area (Å²) in [4.78, 5) is 31.8. The molecule has 21 heavy (non-hydrogen) atoms. The van der Waals surface area contributed by atoms with Crippen LogP contribution in [0, 0.1) is 0 Å². The van der Waals surface area contributed by atoms with E-state index in [0.717, 1.165) is 17.2 Å². The number of likely N-dealkylation sites (N-methyl/N-ethyl adjacent to an activating group) is 1. The summed E-state index contributed by atoms with van der Waals surface area (Å²) in [6.07, 6.45) is 3.28. The number of ether oxygens (including phenoxy) is 1. The van der Waals surface area contributed by atoms with Crippen LogP contribution >= 0.6 is 23.1 Å². The van der Waals surface area contributed by atoms with Gasteiger partial charge in [0.15, 0.2) is 0 Å². The van der Waals surface area contributed by atoms with Gasteiger partial charge in [-0.1, -0.05) is 11.8 Å². The van der Waals surface area contributed by atoms with Gasteiger partial charge in [0.1, 0.15) is 15.6 Å². The van der Waals surface area contributed by atoms with Crippen LogP contribution in [-0.2, 0) is 4.74 Å². The molecule has 2 aliphatic rings. The third kappa shape index (κ3) is 2.74. The number of hydrogen-bond acceptors (Lipinski definition) is 6. The molecule has 0 aliphatic carbocycles. The second kappa shape index (κ2) is 5.49. The van der Waals surface area contributed by atoms with E-state index in [1.54, 1.807) is 22.2 Å². The summed E-state index contributed by atoms with van der Waals surface area (Å²) >= 11 is 3.01. The molecule has 8 heteroatoms. The lowest BCUT2D eigenvalue weighted by Crippen LogP contribution is -2.52. The fraction of sp³-hybridized carbons (Fsp3) is 0.615. The highest BCUT2D eigenvalue weighted by atomic mass is 32.2. The normalized spacial score (nSPS) is 25.5. The number of rotatable bonds is 2. The number of nitrogens with zero attached hydrogens (tertiary/aromatic N) is 3. The average Bonchev–Trinajstić information content (AvgIpc) is 3.04.